The van der Waals surface area contributed by atoms with Crippen LogP contribution in [0.5, 0.6) is 0 Å². The standard InChI is InChI=1S/C56H36N2S/c1-3-14-38(15-4-1)50-35-41(34-40-17-8-9-20-45(40)50)37-26-29-43(30-27-37)57(52-24-13-25-54-55(52)49-32-28-39-16-7-10-21-46(39)56(49)59-54)44-31-33-48-47-22-11-12-23-51(47)58(53(48)36-44)42-18-5-2-6-19-42/h1-36H. The topological polar surface area (TPSA) is 8.17 Å². The van der Waals surface area contributed by atoms with E-state index in [1.807, 2.05) is 11.3 Å². The normalized spacial score (nSPS) is 11.7. The molecule has 12 rings (SSSR count). The molecule has 0 radical (unpaired) electrons. The van der Waals surface area contributed by atoms with Gasteiger partial charge in [-0.25, -0.2) is 0 Å². The zero-order valence-electron chi connectivity index (χ0n) is 32.1. The van der Waals surface area contributed by atoms with E-state index in [-0.39, 0.29) is 0 Å². The molecule has 10 aromatic carbocycles. The zero-order valence-corrected chi connectivity index (χ0v) is 32.9. The summed E-state index contributed by atoms with van der Waals surface area (Å²) in [6.07, 6.45) is 0. The van der Waals surface area contributed by atoms with Crippen molar-refractivity contribution in [1.82, 2.24) is 4.57 Å². The molecule has 0 saturated carbocycles. The number of nitrogens with zero attached hydrogens (tertiary/aromatic N) is 2. The minimum Gasteiger partial charge on any atom is -0.310 e. The van der Waals surface area contributed by atoms with Crippen LogP contribution in [0.15, 0.2) is 218 Å². The molecular weight excluding hydrogens is 733 g/mol. The van der Waals surface area contributed by atoms with Crippen molar-refractivity contribution in [2.75, 3.05) is 4.90 Å². The first-order valence-electron chi connectivity index (χ1n) is 20.2. The predicted octanol–water partition coefficient (Wildman–Crippen LogP) is 16.3. The second-order valence-corrected chi connectivity index (χ2v) is 16.4. The van der Waals surface area contributed by atoms with Gasteiger partial charge in [0.2, 0.25) is 0 Å². The Morgan fingerprint density at radius 1 is 0.373 bits per heavy atom. The van der Waals surface area contributed by atoms with Crippen molar-refractivity contribution in [3.8, 4) is 27.9 Å². The molecule has 0 spiro atoms. The molecule has 0 saturated heterocycles. The van der Waals surface area contributed by atoms with E-state index in [2.05, 4.69) is 228 Å². The number of aromatic nitrogens is 1. The number of para-hydroxylation sites is 2. The summed E-state index contributed by atoms with van der Waals surface area (Å²) in [6, 6.07) is 80.0. The molecule has 2 heterocycles. The molecule has 12 aromatic rings. The summed E-state index contributed by atoms with van der Waals surface area (Å²) in [4.78, 5) is 2.47. The van der Waals surface area contributed by atoms with Gasteiger partial charge in [0.15, 0.2) is 0 Å². The molecule has 0 unspecified atom stereocenters. The van der Waals surface area contributed by atoms with Crippen LogP contribution in [-0.4, -0.2) is 4.57 Å². The van der Waals surface area contributed by atoms with Crippen molar-refractivity contribution >= 4 is 91.9 Å². The van der Waals surface area contributed by atoms with Crippen molar-refractivity contribution in [2.24, 2.45) is 0 Å². The number of fused-ring (bicyclic) bond motifs is 9. The highest BCUT2D eigenvalue weighted by molar-refractivity contribution is 7.26. The average molecular weight is 769 g/mol. The Morgan fingerprint density at radius 2 is 1.03 bits per heavy atom. The minimum absolute atomic E-state index is 1.10. The maximum atomic E-state index is 2.47. The molecule has 0 aliphatic rings. The summed E-state index contributed by atoms with van der Waals surface area (Å²) in [5.41, 5.74) is 11.7. The monoisotopic (exact) mass is 768 g/mol. The lowest BCUT2D eigenvalue weighted by molar-refractivity contribution is 1.18. The molecular formula is C56H36N2S. The quantitative estimate of drug-likeness (QED) is 0.164. The van der Waals surface area contributed by atoms with E-state index in [9.17, 15) is 0 Å². The largest absolute Gasteiger partial charge is 0.310 e. The Balaban J connectivity index is 1.09. The Bertz CT molecular complexity index is 3540. The van der Waals surface area contributed by atoms with Crippen molar-refractivity contribution < 1.29 is 0 Å². The van der Waals surface area contributed by atoms with Crippen LogP contribution < -0.4 is 4.90 Å². The summed E-state index contributed by atoms with van der Waals surface area (Å²) in [5, 5.41) is 10.1. The van der Waals surface area contributed by atoms with Crippen molar-refractivity contribution in [3.05, 3.63) is 218 Å². The predicted molar refractivity (Wildman–Crippen MR) is 254 cm³/mol. The van der Waals surface area contributed by atoms with E-state index in [1.165, 1.54) is 85.8 Å². The van der Waals surface area contributed by atoms with Gasteiger partial charge in [0.05, 0.1) is 16.7 Å². The third-order valence-electron chi connectivity index (χ3n) is 11.9. The molecule has 0 atom stereocenters. The second-order valence-electron chi connectivity index (χ2n) is 15.3. The summed E-state index contributed by atoms with van der Waals surface area (Å²) >= 11 is 1.89. The third kappa shape index (κ3) is 5.47. The fraction of sp³-hybridized carbons (Fsp3) is 0. The van der Waals surface area contributed by atoms with Crippen LogP contribution in [0.4, 0.5) is 17.1 Å². The van der Waals surface area contributed by atoms with E-state index >= 15 is 0 Å². The smallest absolute Gasteiger partial charge is 0.0561 e. The van der Waals surface area contributed by atoms with Gasteiger partial charge in [-0.2, -0.15) is 0 Å². The molecule has 3 heteroatoms. The van der Waals surface area contributed by atoms with Crippen LogP contribution in [0.1, 0.15) is 0 Å². The molecule has 0 aliphatic carbocycles. The minimum atomic E-state index is 1.10. The first kappa shape index (κ1) is 33.7. The number of anilines is 3. The van der Waals surface area contributed by atoms with Gasteiger partial charge in [0, 0.05) is 48.0 Å². The van der Waals surface area contributed by atoms with Crippen LogP contribution in [0.25, 0.3) is 91.5 Å². The van der Waals surface area contributed by atoms with Crippen molar-refractivity contribution in [2.45, 2.75) is 0 Å². The van der Waals surface area contributed by atoms with E-state index in [4.69, 9.17) is 0 Å². The van der Waals surface area contributed by atoms with E-state index < -0.39 is 0 Å². The molecule has 0 bridgehead atoms. The fourth-order valence-corrected chi connectivity index (χ4v) is 10.5. The van der Waals surface area contributed by atoms with Gasteiger partial charge in [-0.05, 0) is 111 Å². The fourth-order valence-electron chi connectivity index (χ4n) is 9.24. The molecule has 2 nitrogen and oxygen atoms in total. The second kappa shape index (κ2) is 13.6. The number of rotatable bonds is 6. The van der Waals surface area contributed by atoms with Gasteiger partial charge >= 0.3 is 0 Å². The maximum absolute atomic E-state index is 2.47. The van der Waals surface area contributed by atoms with Crippen LogP contribution >= 0.6 is 11.3 Å². The first-order chi connectivity index (χ1) is 29.3. The van der Waals surface area contributed by atoms with Crippen LogP contribution in [-0.2, 0) is 0 Å². The summed E-state index contributed by atoms with van der Waals surface area (Å²) in [6.45, 7) is 0. The number of benzene rings is 10. The lowest BCUT2D eigenvalue weighted by atomic mass is 9.93. The average Bonchev–Trinajstić information content (AvgIpc) is 3.86. The van der Waals surface area contributed by atoms with E-state index in [0.717, 1.165) is 22.7 Å². The molecule has 2 aromatic heterocycles. The highest BCUT2D eigenvalue weighted by atomic mass is 32.1. The lowest BCUT2D eigenvalue weighted by Gasteiger charge is -2.27. The highest BCUT2D eigenvalue weighted by Gasteiger charge is 2.22. The van der Waals surface area contributed by atoms with E-state index in [0.29, 0.717) is 0 Å². The van der Waals surface area contributed by atoms with Gasteiger partial charge in [0.25, 0.3) is 0 Å². The Kier molecular flexibility index (Phi) is 7.75. The molecule has 0 fully saturated rings. The molecule has 0 amide bonds. The van der Waals surface area contributed by atoms with E-state index in [1.54, 1.807) is 0 Å². The lowest BCUT2D eigenvalue weighted by Crippen LogP contribution is -2.10. The molecule has 276 valence electrons. The summed E-state index contributed by atoms with van der Waals surface area (Å²) < 4.78 is 5.01. The summed E-state index contributed by atoms with van der Waals surface area (Å²) in [5.74, 6) is 0. The third-order valence-corrected chi connectivity index (χ3v) is 13.1. The highest BCUT2D eigenvalue weighted by Crippen LogP contribution is 2.48. The van der Waals surface area contributed by atoms with Gasteiger partial charge < -0.3 is 9.47 Å². The van der Waals surface area contributed by atoms with Gasteiger partial charge in [0.1, 0.15) is 0 Å². The van der Waals surface area contributed by atoms with Crippen LogP contribution in [0.3, 0.4) is 0 Å². The van der Waals surface area contributed by atoms with Crippen LogP contribution in [0, 0.1) is 0 Å². The number of hydrogen-bond acceptors (Lipinski definition) is 2. The van der Waals surface area contributed by atoms with Gasteiger partial charge in [-0.15, -0.1) is 11.3 Å². The Morgan fingerprint density at radius 3 is 1.86 bits per heavy atom. The SMILES string of the molecule is c1ccc(-c2cc(-c3ccc(N(c4ccc5c6ccccc6n(-c6ccccc6)c5c4)c4cccc5sc6c7ccccc7ccc6c45)cc3)cc3ccccc23)cc1. The van der Waals surface area contributed by atoms with Crippen molar-refractivity contribution in [1.29, 1.82) is 0 Å². The zero-order chi connectivity index (χ0) is 38.9. The van der Waals surface area contributed by atoms with Crippen LogP contribution in [0.2, 0.25) is 0 Å². The molecule has 0 N–H and O–H groups in total. The Hall–Kier alpha value is -7.46. The van der Waals surface area contributed by atoms with Gasteiger partial charge in [-0.1, -0.05) is 152 Å². The number of hydrogen-bond donors (Lipinski definition) is 0. The maximum Gasteiger partial charge on any atom is 0.0561 e. The van der Waals surface area contributed by atoms with Crippen molar-refractivity contribution in [3.63, 3.8) is 0 Å². The molecule has 59 heavy (non-hydrogen) atoms. The summed E-state index contributed by atoms with van der Waals surface area (Å²) in [7, 11) is 0. The first-order valence-corrected chi connectivity index (χ1v) is 21.0. The van der Waals surface area contributed by atoms with Gasteiger partial charge in [-0.3, -0.25) is 0 Å². The number of thiophene rings is 1. The Labute approximate surface area is 346 Å². The molecule has 0 aliphatic heterocycles.